The number of anilines is 1. The molecular weight excluding hydrogens is 333 g/mol. The van der Waals surface area contributed by atoms with Gasteiger partial charge in [0.05, 0.1) is 0 Å². The van der Waals surface area contributed by atoms with Crippen LogP contribution < -0.4 is 15.5 Å². The molecule has 0 aliphatic heterocycles. The molecule has 2 aromatic rings. The third-order valence-electron chi connectivity index (χ3n) is 4.09. The first-order chi connectivity index (χ1) is 12.6. The van der Waals surface area contributed by atoms with E-state index in [1.165, 1.54) is 6.07 Å². The number of nitrogens with zero attached hydrogens (tertiary/aromatic N) is 5. The van der Waals surface area contributed by atoms with Crippen molar-refractivity contribution in [2.75, 3.05) is 38.6 Å². The molecule has 2 rings (SSSR count). The Balaban J connectivity index is 1.65. The number of guanidine groups is 1. The number of rotatable bonds is 9. The largest absolute Gasteiger partial charge is 0.374 e. The lowest BCUT2D eigenvalue weighted by molar-refractivity contribution is 0.625. The van der Waals surface area contributed by atoms with E-state index in [4.69, 9.17) is 0 Å². The molecule has 0 fully saturated rings. The standard InChI is InChI=1S/C18H28FN7/c1-4-17-24-23-14-26(17)12-10-22-18(20-2)21-9-6-11-25(3)16-8-5-7-15(19)13-16/h5,7-8,13-14H,4,6,9-12H2,1-3H3,(H2,20,21,22). The molecule has 0 saturated heterocycles. The summed E-state index contributed by atoms with van der Waals surface area (Å²) in [5.74, 6) is 1.54. The van der Waals surface area contributed by atoms with E-state index >= 15 is 0 Å². The van der Waals surface area contributed by atoms with E-state index in [0.29, 0.717) is 0 Å². The second kappa shape index (κ2) is 10.4. The highest BCUT2D eigenvalue weighted by molar-refractivity contribution is 5.79. The minimum absolute atomic E-state index is 0.212. The Kier molecular flexibility index (Phi) is 7.85. The average molecular weight is 361 g/mol. The molecule has 26 heavy (non-hydrogen) atoms. The molecule has 7 nitrogen and oxygen atoms in total. The molecule has 1 heterocycles. The maximum atomic E-state index is 13.3. The number of benzene rings is 1. The summed E-state index contributed by atoms with van der Waals surface area (Å²) in [7, 11) is 3.72. The summed E-state index contributed by atoms with van der Waals surface area (Å²) in [6.07, 6.45) is 3.53. The van der Waals surface area contributed by atoms with Gasteiger partial charge in [-0.05, 0) is 24.6 Å². The molecular formula is C18H28FN7. The highest BCUT2D eigenvalue weighted by Gasteiger charge is 2.04. The van der Waals surface area contributed by atoms with E-state index in [1.807, 2.05) is 22.6 Å². The molecule has 1 aromatic heterocycles. The number of halogens is 1. The number of nitrogens with one attached hydrogen (secondary N) is 2. The molecule has 1 aromatic carbocycles. The van der Waals surface area contributed by atoms with Crippen LogP contribution in [0.2, 0.25) is 0 Å². The lowest BCUT2D eigenvalue weighted by Crippen LogP contribution is -2.40. The smallest absolute Gasteiger partial charge is 0.191 e. The monoisotopic (exact) mass is 361 g/mol. The maximum absolute atomic E-state index is 13.3. The van der Waals surface area contributed by atoms with Gasteiger partial charge in [-0.15, -0.1) is 10.2 Å². The van der Waals surface area contributed by atoms with E-state index in [2.05, 4.69) is 32.7 Å². The third-order valence-corrected chi connectivity index (χ3v) is 4.09. The van der Waals surface area contributed by atoms with Crippen LogP contribution in [0.4, 0.5) is 10.1 Å². The van der Waals surface area contributed by atoms with Gasteiger partial charge < -0.3 is 20.1 Å². The molecule has 0 amide bonds. The molecule has 0 atom stereocenters. The van der Waals surface area contributed by atoms with Crippen molar-refractivity contribution < 1.29 is 4.39 Å². The Morgan fingerprint density at radius 1 is 1.31 bits per heavy atom. The lowest BCUT2D eigenvalue weighted by Gasteiger charge is -2.20. The zero-order valence-electron chi connectivity index (χ0n) is 15.7. The SMILES string of the molecule is CCc1nncn1CCNC(=NC)NCCCN(C)c1cccc(F)c1. The van der Waals surface area contributed by atoms with Crippen LogP contribution in [-0.2, 0) is 13.0 Å². The van der Waals surface area contributed by atoms with Crippen LogP contribution in [0.5, 0.6) is 0 Å². The van der Waals surface area contributed by atoms with Gasteiger partial charge in [0.15, 0.2) is 5.96 Å². The Morgan fingerprint density at radius 3 is 2.85 bits per heavy atom. The van der Waals surface area contributed by atoms with Crippen LogP contribution in [0.15, 0.2) is 35.6 Å². The first kappa shape index (κ1) is 19.7. The summed E-state index contributed by atoms with van der Waals surface area (Å²) >= 11 is 0. The summed E-state index contributed by atoms with van der Waals surface area (Å²) in [5.41, 5.74) is 0.883. The fraction of sp³-hybridized carbons (Fsp3) is 0.500. The van der Waals surface area contributed by atoms with Crippen LogP contribution in [0, 0.1) is 5.82 Å². The van der Waals surface area contributed by atoms with Crippen molar-refractivity contribution in [3.63, 3.8) is 0 Å². The minimum Gasteiger partial charge on any atom is -0.374 e. The number of aromatic nitrogens is 3. The second-order valence-corrected chi connectivity index (χ2v) is 5.97. The normalized spacial score (nSPS) is 11.5. The summed E-state index contributed by atoms with van der Waals surface area (Å²) < 4.78 is 15.3. The number of aryl methyl sites for hydroxylation is 1. The predicted molar refractivity (Wildman–Crippen MR) is 103 cm³/mol. The molecule has 0 aliphatic rings. The van der Waals surface area contributed by atoms with Crippen molar-refractivity contribution in [2.24, 2.45) is 4.99 Å². The maximum Gasteiger partial charge on any atom is 0.191 e. The van der Waals surface area contributed by atoms with Gasteiger partial charge in [-0.1, -0.05) is 13.0 Å². The van der Waals surface area contributed by atoms with Gasteiger partial charge in [-0.25, -0.2) is 4.39 Å². The predicted octanol–water partition coefficient (Wildman–Crippen LogP) is 1.67. The molecule has 142 valence electrons. The van der Waals surface area contributed by atoms with E-state index < -0.39 is 0 Å². The fourth-order valence-electron chi connectivity index (χ4n) is 2.62. The summed E-state index contributed by atoms with van der Waals surface area (Å²) in [6, 6.07) is 6.64. The fourth-order valence-corrected chi connectivity index (χ4v) is 2.62. The van der Waals surface area contributed by atoms with Crippen LogP contribution >= 0.6 is 0 Å². The lowest BCUT2D eigenvalue weighted by atomic mass is 10.2. The van der Waals surface area contributed by atoms with Crippen molar-refractivity contribution >= 4 is 11.6 Å². The molecule has 0 spiro atoms. The first-order valence-corrected chi connectivity index (χ1v) is 8.92. The van der Waals surface area contributed by atoms with E-state index in [1.54, 1.807) is 25.5 Å². The quantitative estimate of drug-likeness (QED) is 0.404. The van der Waals surface area contributed by atoms with Crippen molar-refractivity contribution in [3.8, 4) is 0 Å². The average Bonchev–Trinajstić information content (AvgIpc) is 3.11. The van der Waals surface area contributed by atoms with Gasteiger partial charge in [0.1, 0.15) is 18.0 Å². The minimum atomic E-state index is -0.212. The van der Waals surface area contributed by atoms with Gasteiger partial charge in [0.25, 0.3) is 0 Å². The van der Waals surface area contributed by atoms with Gasteiger partial charge in [-0.3, -0.25) is 4.99 Å². The zero-order chi connectivity index (χ0) is 18.8. The zero-order valence-corrected chi connectivity index (χ0v) is 15.7. The number of aliphatic imine (C=N–C) groups is 1. The Hall–Kier alpha value is -2.64. The third kappa shape index (κ3) is 6.02. The Morgan fingerprint density at radius 2 is 2.12 bits per heavy atom. The molecule has 8 heteroatoms. The first-order valence-electron chi connectivity index (χ1n) is 8.92. The molecule has 0 unspecified atom stereocenters. The molecule has 0 saturated carbocycles. The Bertz CT molecular complexity index is 698. The highest BCUT2D eigenvalue weighted by atomic mass is 19.1. The summed E-state index contributed by atoms with van der Waals surface area (Å²) in [5, 5.41) is 14.6. The summed E-state index contributed by atoms with van der Waals surface area (Å²) in [4.78, 5) is 6.27. The number of hydrogen-bond donors (Lipinski definition) is 2. The topological polar surface area (TPSA) is 70.4 Å². The van der Waals surface area contributed by atoms with Crippen molar-refractivity contribution in [2.45, 2.75) is 26.3 Å². The van der Waals surface area contributed by atoms with Gasteiger partial charge in [0.2, 0.25) is 0 Å². The van der Waals surface area contributed by atoms with E-state index in [9.17, 15) is 4.39 Å². The van der Waals surface area contributed by atoms with E-state index in [-0.39, 0.29) is 5.82 Å². The second-order valence-electron chi connectivity index (χ2n) is 5.97. The highest BCUT2D eigenvalue weighted by Crippen LogP contribution is 2.13. The van der Waals surface area contributed by atoms with Gasteiger partial charge >= 0.3 is 0 Å². The van der Waals surface area contributed by atoms with Gasteiger partial charge in [-0.2, -0.15) is 0 Å². The van der Waals surface area contributed by atoms with Crippen molar-refractivity contribution in [1.82, 2.24) is 25.4 Å². The molecule has 2 N–H and O–H groups in total. The molecule has 0 radical (unpaired) electrons. The number of hydrogen-bond acceptors (Lipinski definition) is 4. The van der Waals surface area contributed by atoms with Crippen LogP contribution in [0.1, 0.15) is 19.2 Å². The van der Waals surface area contributed by atoms with Gasteiger partial charge in [0, 0.05) is 52.4 Å². The van der Waals surface area contributed by atoms with Crippen LogP contribution in [0.25, 0.3) is 0 Å². The van der Waals surface area contributed by atoms with Crippen molar-refractivity contribution in [3.05, 3.63) is 42.2 Å². The molecule has 0 bridgehead atoms. The van der Waals surface area contributed by atoms with Crippen molar-refractivity contribution in [1.29, 1.82) is 0 Å². The molecule has 0 aliphatic carbocycles. The summed E-state index contributed by atoms with van der Waals surface area (Å²) in [6.45, 7) is 5.21. The van der Waals surface area contributed by atoms with Crippen LogP contribution in [-0.4, -0.2) is 54.5 Å². The van der Waals surface area contributed by atoms with E-state index in [0.717, 1.165) is 56.5 Å². The Labute approximate surface area is 154 Å². The van der Waals surface area contributed by atoms with Crippen LogP contribution in [0.3, 0.4) is 0 Å².